The SMILES string of the molecule is COCC(CCl)Nc1ncccc1F. The van der Waals surface area contributed by atoms with E-state index in [0.717, 1.165) is 0 Å². The average molecular weight is 219 g/mol. The summed E-state index contributed by atoms with van der Waals surface area (Å²) in [5, 5.41) is 2.85. The van der Waals surface area contributed by atoms with Crippen LogP contribution < -0.4 is 5.32 Å². The number of ether oxygens (including phenoxy) is 1. The second kappa shape index (κ2) is 5.78. The highest BCUT2D eigenvalue weighted by molar-refractivity contribution is 6.18. The number of hydrogen-bond acceptors (Lipinski definition) is 3. The van der Waals surface area contributed by atoms with Gasteiger partial charge in [0.15, 0.2) is 11.6 Å². The van der Waals surface area contributed by atoms with E-state index in [4.69, 9.17) is 16.3 Å². The molecule has 0 saturated carbocycles. The molecule has 1 atom stereocenters. The van der Waals surface area contributed by atoms with Crippen LogP contribution in [-0.4, -0.2) is 30.6 Å². The number of pyridine rings is 1. The molecule has 3 nitrogen and oxygen atoms in total. The summed E-state index contributed by atoms with van der Waals surface area (Å²) in [6.45, 7) is 0.416. The Morgan fingerprint density at radius 1 is 1.71 bits per heavy atom. The molecule has 0 fully saturated rings. The second-order valence-corrected chi connectivity index (χ2v) is 3.09. The van der Waals surface area contributed by atoms with Crippen LogP contribution in [-0.2, 0) is 4.74 Å². The molecule has 1 unspecified atom stereocenters. The minimum absolute atomic E-state index is 0.133. The Labute approximate surface area is 87.2 Å². The molecule has 0 aliphatic heterocycles. The molecule has 0 aliphatic carbocycles. The van der Waals surface area contributed by atoms with E-state index in [1.165, 1.54) is 18.3 Å². The highest BCUT2D eigenvalue weighted by atomic mass is 35.5. The number of alkyl halides is 1. The highest BCUT2D eigenvalue weighted by Crippen LogP contribution is 2.10. The van der Waals surface area contributed by atoms with Gasteiger partial charge in [-0.2, -0.15) is 0 Å². The van der Waals surface area contributed by atoms with Crippen molar-refractivity contribution >= 4 is 17.4 Å². The van der Waals surface area contributed by atoms with Gasteiger partial charge in [0, 0.05) is 19.2 Å². The molecule has 1 aromatic rings. The number of aromatic nitrogens is 1. The third-order valence-corrected chi connectivity index (χ3v) is 2.03. The first-order chi connectivity index (χ1) is 6.77. The van der Waals surface area contributed by atoms with Crippen LogP contribution in [0.1, 0.15) is 0 Å². The Balaban J connectivity index is 2.62. The van der Waals surface area contributed by atoms with Crippen LogP contribution in [0.3, 0.4) is 0 Å². The summed E-state index contributed by atoms with van der Waals surface area (Å²) in [7, 11) is 1.57. The van der Waals surface area contributed by atoms with E-state index in [0.29, 0.717) is 12.5 Å². The van der Waals surface area contributed by atoms with E-state index in [1.54, 1.807) is 7.11 Å². The summed E-state index contributed by atoms with van der Waals surface area (Å²) in [4.78, 5) is 3.85. The van der Waals surface area contributed by atoms with E-state index in [2.05, 4.69) is 10.3 Å². The van der Waals surface area contributed by atoms with Crippen molar-refractivity contribution in [2.75, 3.05) is 24.9 Å². The van der Waals surface area contributed by atoms with Crippen LogP contribution in [0.5, 0.6) is 0 Å². The van der Waals surface area contributed by atoms with Gasteiger partial charge in [0.05, 0.1) is 12.6 Å². The van der Waals surface area contributed by atoms with Crippen molar-refractivity contribution in [3.63, 3.8) is 0 Å². The van der Waals surface area contributed by atoms with Gasteiger partial charge in [-0.25, -0.2) is 9.37 Å². The van der Waals surface area contributed by atoms with E-state index in [9.17, 15) is 4.39 Å². The molecule has 78 valence electrons. The molecule has 0 bridgehead atoms. The van der Waals surface area contributed by atoms with Crippen molar-refractivity contribution in [1.82, 2.24) is 4.98 Å². The number of hydrogen-bond donors (Lipinski definition) is 1. The Bertz CT molecular complexity index is 285. The molecule has 1 heterocycles. The lowest BCUT2D eigenvalue weighted by atomic mass is 10.3. The highest BCUT2D eigenvalue weighted by Gasteiger charge is 2.09. The first-order valence-corrected chi connectivity index (χ1v) is 4.73. The van der Waals surface area contributed by atoms with Crippen molar-refractivity contribution in [2.24, 2.45) is 0 Å². The molecule has 0 aliphatic rings. The maximum absolute atomic E-state index is 13.1. The summed E-state index contributed by atoms with van der Waals surface area (Å²) in [5.41, 5.74) is 0. The standard InChI is InChI=1S/C9H12ClFN2O/c1-14-6-7(5-10)13-9-8(11)3-2-4-12-9/h2-4,7H,5-6H2,1H3,(H,12,13). The zero-order chi connectivity index (χ0) is 10.4. The summed E-state index contributed by atoms with van der Waals surface area (Å²) in [6.07, 6.45) is 1.52. The maximum atomic E-state index is 13.1. The number of anilines is 1. The van der Waals surface area contributed by atoms with Crippen molar-refractivity contribution in [1.29, 1.82) is 0 Å². The Morgan fingerprint density at radius 2 is 2.50 bits per heavy atom. The fourth-order valence-corrected chi connectivity index (χ4v) is 1.18. The minimum Gasteiger partial charge on any atom is -0.383 e. The van der Waals surface area contributed by atoms with Gasteiger partial charge in [-0.15, -0.1) is 11.6 Å². The molecule has 1 N–H and O–H groups in total. The molecule has 14 heavy (non-hydrogen) atoms. The molecular formula is C9H12ClFN2O. The van der Waals surface area contributed by atoms with Crippen LogP contribution in [0.15, 0.2) is 18.3 Å². The van der Waals surface area contributed by atoms with Gasteiger partial charge >= 0.3 is 0 Å². The molecule has 0 saturated heterocycles. The number of rotatable bonds is 5. The van der Waals surface area contributed by atoms with E-state index < -0.39 is 5.82 Å². The Hall–Kier alpha value is -0.870. The fraction of sp³-hybridized carbons (Fsp3) is 0.444. The van der Waals surface area contributed by atoms with Crippen LogP contribution >= 0.6 is 11.6 Å². The monoisotopic (exact) mass is 218 g/mol. The Morgan fingerprint density at radius 3 is 3.07 bits per heavy atom. The molecule has 0 radical (unpaired) electrons. The number of halogens is 2. The van der Waals surface area contributed by atoms with Crippen molar-refractivity contribution in [3.8, 4) is 0 Å². The smallest absolute Gasteiger partial charge is 0.165 e. The van der Waals surface area contributed by atoms with E-state index in [1.807, 2.05) is 0 Å². The number of nitrogens with zero attached hydrogens (tertiary/aromatic N) is 1. The zero-order valence-electron chi connectivity index (χ0n) is 7.84. The van der Waals surface area contributed by atoms with Crippen LogP contribution in [0.2, 0.25) is 0 Å². The summed E-state index contributed by atoms with van der Waals surface area (Å²) < 4.78 is 18.0. The Kier molecular flexibility index (Phi) is 4.62. The first kappa shape index (κ1) is 11.2. The maximum Gasteiger partial charge on any atom is 0.165 e. The normalized spacial score (nSPS) is 12.5. The molecular weight excluding hydrogens is 207 g/mol. The van der Waals surface area contributed by atoms with Crippen LogP contribution in [0.25, 0.3) is 0 Å². The second-order valence-electron chi connectivity index (χ2n) is 2.78. The molecule has 0 spiro atoms. The van der Waals surface area contributed by atoms with Gasteiger partial charge in [0.2, 0.25) is 0 Å². The molecule has 0 amide bonds. The minimum atomic E-state index is -0.390. The third-order valence-electron chi connectivity index (χ3n) is 1.65. The van der Waals surface area contributed by atoms with Crippen molar-refractivity contribution < 1.29 is 9.13 Å². The lowest BCUT2D eigenvalue weighted by molar-refractivity contribution is 0.191. The van der Waals surface area contributed by atoms with E-state index in [-0.39, 0.29) is 11.9 Å². The van der Waals surface area contributed by atoms with Gasteiger partial charge in [-0.3, -0.25) is 0 Å². The summed E-state index contributed by atoms with van der Waals surface area (Å²) in [5.74, 6) is 0.151. The van der Waals surface area contributed by atoms with E-state index >= 15 is 0 Å². The van der Waals surface area contributed by atoms with Crippen LogP contribution in [0.4, 0.5) is 10.2 Å². The quantitative estimate of drug-likeness (QED) is 0.767. The molecule has 5 heteroatoms. The predicted molar refractivity (Wildman–Crippen MR) is 54.2 cm³/mol. The lowest BCUT2D eigenvalue weighted by Gasteiger charge is -2.15. The summed E-state index contributed by atoms with van der Waals surface area (Å²) in [6, 6.07) is 2.74. The molecule has 1 rings (SSSR count). The molecule has 0 aromatic carbocycles. The van der Waals surface area contributed by atoms with Crippen molar-refractivity contribution in [3.05, 3.63) is 24.1 Å². The summed E-state index contributed by atoms with van der Waals surface area (Å²) >= 11 is 5.66. The zero-order valence-corrected chi connectivity index (χ0v) is 8.59. The number of methoxy groups -OCH3 is 1. The average Bonchev–Trinajstić information content (AvgIpc) is 2.20. The van der Waals surface area contributed by atoms with Gasteiger partial charge in [-0.1, -0.05) is 0 Å². The van der Waals surface area contributed by atoms with Crippen molar-refractivity contribution in [2.45, 2.75) is 6.04 Å². The van der Waals surface area contributed by atoms with Gasteiger partial charge in [0.25, 0.3) is 0 Å². The first-order valence-electron chi connectivity index (χ1n) is 4.20. The van der Waals surface area contributed by atoms with Gasteiger partial charge < -0.3 is 10.1 Å². The third kappa shape index (κ3) is 3.12. The van der Waals surface area contributed by atoms with Crippen LogP contribution in [0, 0.1) is 5.82 Å². The van der Waals surface area contributed by atoms with Gasteiger partial charge in [-0.05, 0) is 12.1 Å². The largest absolute Gasteiger partial charge is 0.383 e. The predicted octanol–water partition coefficient (Wildman–Crippen LogP) is 1.89. The fourth-order valence-electron chi connectivity index (χ4n) is 1.01. The van der Waals surface area contributed by atoms with Gasteiger partial charge in [0.1, 0.15) is 0 Å². The topological polar surface area (TPSA) is 34.1 Å². The number of nitrogens with one attached hydrogen (secondary N) is 1. The lowest BCUT2D eigenvalue weighted by Crippen LogP contribution is -2.27. The molecule has 1 aromatic heterocycles.